The summed E-state index contributed by atoms with van der Waals surface area (Å²) in [5.74, 6) is 0.175. The average Bonchev–Trinajstić information content (AvgIpc) is 2.49. The molecule has 0 aromatic heterocycles. The van der Waals surface area contributed by atoms with Crippen LogP contribution in [0.25, 0.3) is 0 Å². The topological polar surface area (TPSA) is 44.8 Å². The Labute approximate surface area is 119 Å². The molecule has 1 saturated heterocycles. The van der Waals surface area contributed by atoms with E-state index in [2.05, 4.69) is 23.3 Å². The van der Waals surface area contributed by atoms with Crippen molar-refractivity contribution >= 4 is 17.3 Å². The molecule has 0 spiro atoms. The highest BCUT2D eigenvalue weighted by molar-refractivity contribution is 5.98. The number of amides is 1. The SMILES string of the molecule is CN1CCN(C(=O)CC2COCCN2)c2ccccc21. The molecule has 108 valence electrons. The number of carbonyl (C=O) groups is 1. The van der Waals surface area contributed by atoms with Crippen molar-refractivity contribution in [2.45, 2.75) is 12.5 Å². The van der Waals surface area contributed by atoms with Crippen molar-refractivity contribution in [2.75, 3.05) is 49.7 Å². The molecular weight excluding hydrogens is 254 g/mol. The number of para-hydroxylation sites is 2. The van der Waals surface area contributed by atoms with Gasteiger partial charge in [-0.15, -0.1) is 0 Å². The summed E-state index contributed by atoms with van der Waals surface area (Å²) in [4.78, 5) is 16.7. The Morgan fingerprint density at radius 3 is 2.90 bits per heavy atom. The lowest BCUT2D eigenvalue weighted by Crippen LogP contribution is -2.48. The van der Waals surface area contributed by atoms with Crippen molar-refractivity contribution in [3.63, 3.8) is 0 Å². The normalized spacial score (nSPS) is 22.6. The number of ether oxygens (including phenoxy) is 1. The number of hydrogen-bond donors (Lipinski definition) is 1. The van der Waals surface area contributed by atoms with Crippen molar-refractivity contribution in [3.8, 4) is 0 Å². The van der Waals surface area contributed by atoms with Gasteiger partial charge < -0.3 is 19.9 Å². The van der Waals surface area contributed by atoms with Gasteiger partial charge in [0.2, 0.25) is 5.91 Å². The third-order valence-electron chi connectivity index (χ3n) is 3.96. The van der Waals surface area contributed by atoms with Crippen molar-refractivity contribution in [3.05, 3.63) is 24.3 Å². The van der Waals surface area contributed by atoms with Crippen LogP contribution < -0.4 is 15.1 Å². The quantitative estimate of drug-likeness (QED) is 0.869. The zero-order valence-electron chi connectivity index (χ0n) is 11.8. The molecule has 2 heterocycles. The van der Waals surface area contributed by atoms with Crippen molar-refractivity contribution < 1.29 is 9.53 Å². The maximum absolute atomic E-state index is 12.5. The van der Waals surface area contributed by atoms with Gasteiger partial charge in [0, 0.05) is 39.1 Å². The molecule has 5 nitrogen and oxygen atoms in total. The van der Waals surface area contributed by atoms with Crippen LogP contribution in [0.15, 0.2) is 24.3 Å². The Bertz CT molecular complexity index is 486. The zero-order valence-corrected chi connectivity index (χ0v) is 11.8. The van der Waals surface area contributed by atoms with Gasteiger partial charge in [-0.1, -0.05) is 12.1 Å². The third-order valence-corrected chi connectivity index (χ3v) is 3.96. The molecule has 3 rings (SSSR count). The highest BCUT2D eigenvalue weighted by atomic mass is 16.5. The average molecular weight is 275 g/mol. The van der Waals surface area contributed by atoms with Crippen LogP contribution in [0, 0.1) is 0 Å². The van der Waals surface area contributed by atoms with E-state index in [0.29, 0.717) is 13.0 Å². The monoisotopic (exact) mass is 275 g/mol. The number of carbonyl (C=O) groups excluding carboxylic acids is 1. The lowest BCUT2D eigenvalue weighted by atomic mass is 10.1. The molecule has 1 N–H and O–H groups in total. The van der Waals surface area contributed by atoms with Crippen molar-refractivity contribution in [2.24, 2.45) is 0 Å². The first kappa shape index (κ1) is 13.4. The Balaban J connectivity index is 1.73. The summed E-state index contributed by atoms with van der Waals surface area (Å²) in [7, 11) is 2.07. The van der Waals surface area contributed by atoms with Crippen LogP contribution in [0.4, 0.5) is 11.4 Å². The first-order valence-corrected chi connectivity index (χ1v) is 7.17. The fraction of sp³-hybridized carbons (Fsp3) is 0.533. The molecular formula is C15H21N3O2. The Morgan fingerprint density at radius 2 is 2.15 bits per heavy atom. The molecule has 2 aliphatic heterocycles. The molecule has 20 heavy (non-hydrogen) atoms. The van der Waals surface area contributed by atoms with E-state index in [-0.39, 0.29) is 11.9 Å². The molecule has 0 bridgehead atoms. The minimum atomic E-state index is 0.142. The van der Waals surface area contributed by atoms with E-state index >= 15 is 0 Å². The number of likely N-dealkylation sites (N-methyl/N-ethyl adjacent to an activating group) is 1. The molecule has 1 unspecified atom stereocenters. The van der Waals surface area contributed by atoms with E-state index in [9.17, 15) is 4.79 Å². The second-order valence-corrected chi connectivity index (χ2v) is 5.39. The van der Waals surface area contributed by atoms with Crippen LogP contribution in [0.3, 0.4) is 0 Å². The van der Waals surface area contributed by atoms with Gasteiger partial charge in [0.1, 0.15) is 0 Å². The summed E-state index contributed by atoms with van der Waals surface area (Å²) < 4.78 is 5.42. The summed E-state index contributed by atoms with van der Waals surface area (Å²) in [6.45, 7) is 3.82. The Hall–Kier alpha value is -1.59. The van der Waals surface area contributed by atoms with Crippen LogP contribution in [0.5, 0.6) is 0 Å². The first-order chi connectivity index (χ1) is 9.75. The number of fused-ring (bicyclic) bond motifs is 1. The van der Waals surface area contributed by atoms with E-state index in [1.807, 2.05) is 23.1 Å². The van der Waals surface area contributed by atoms with E-state index < -0.39 is 0 Å². The van der Waals surface area contributed by atoms with Gasteiger partial charge in [-0.2, -0.15) is 0 Å². The molecule has 2 aliphatic rings. The minimum absolute atomic E-state index is 0.142. The van der Waals surface area contributed by atoms with Gasteiger partial charge >= 0.3 is 0 Å². The van der Waals surface area contributed by atoms with E-state index in [0.717, 1.165) is 37.6 Å². The third kappa shape index (κ3) is 2.64. The summed E-state index contributed by atoms with van der Waals surface area (Å²) in [5, 5.41) is 3.34. The second-order valence-electron chi connectivity index (χ2n) is 5.39. The van der Waals surface area contributed by atoms with E-state index in [4.69, 9.17) is 4.74 Å². The van der Waals surface area contributed by atoms with Gasteiger partial charge in [0.05, 0.1) is 24.6 Å². The molecule has 1 aromatic rings. The van der Waals surface area contributed by atoms with E-state index in [1.54, 1.807) is 0 Å². The standard InChI is InChI=1S/C15H21N3O2/c1-17-7-8-18(14-5-3-2-4-13(14)17)15(19)10-12-11-20-9-6-16-12/h2-5,12,16H,6-11H2,1H3. The van der Waals surface area contributed by atoms with Gasteiger partial charge in [0.15, 0.2) is 0 Å². The summed E-state index contributed by atoms with van der Waals surface area (Å²) in [5.41, 5.74) is 2.14. The second kappa shape index (κ2) is 5.81. The summed E-state index contributed by atoms with van der Waals surface area (Å²) in [6.07, 6.45) is 0.498. The number of nitrogens with one attached hydrogen (secondary N) is 1. The van der Waals surface area contributed by atoms with Crippen LogP contribution in [-0.2, 0) is 9.53 Å². The van der Waals surface area contributed by atoms with E-state index in [1.165, 1.54) is 0 Å². The number of nitrogens with zero attached hydrogens (tertiary/aromatic N) is 2. The lowest BCUT2D eigenvalue weighted by molar-refractivity contribution is -0.119. The summed E-state index contributed by atoms with van der Waals surface area (Å²) in [6, 6.07) is 8.23. The van der Waals surface area contributed by atoms with Crippen LogP contribution >= 0.6 is 0 Å². The predicted molar refractivity (Wildman–Crippen MR) is 79.3 cm³/mol. The maximum Gasteiger partial charge on any atom is 0.228 e. The molecule has 1 atom stereocenters. The van der Waals surface area contributed by atoms with Crippen LogP contribution in [0.2, 0.25) is 0 Å². The fourth-order valence-electron chi connectivity index (χ4n) is 2.84. The molecule has 5 heteroatoms. The molecule has 0 saturated carbocycles. The molecule has 1 amide bonds. The number of hydrogen-bond acceptors (Lipinski definition) is 4. The lowest BCUT2D eigenvalue weighted by Gasteiger charge is -2.36. The first-order valence-electron chi connectivity index (χ1n) is 7.17. The smallest absolute Gasteiger partial charge is 0.228 e. The maximum atomic E-state index is 12.5. The van der Waals surface area contributed by atoms with Gasteiger partial charge in [-0.05, 0) is 12.1 Å². The van der Waals surface area contributed by atoms with Crippen molar-refractivity contribution in [1.82, 2.24) is 5.32 Å². The fourth-order valence-corrected chi connectivity index (χ4v) is 2.84. The summed E-state index contributed by atoms with van der Waals surface area (Å²) >= 11 is 0. The number of rotatable bonds is 2. The number of anilines is 2. The Morgan fingerprint density at radius 1 is 1.35 bits per heavy atom. The molecule has 0 radical (unpaired) electrons. The highest BCUT2D eigenvalue weighted by Gasteiger charge is 2.27. The minimum Gasteiger partial charge on any atom is -0.378 e. The van der Waals surface area contributed by atoms with Gasteiger partial charge in [-0.25, -0.2) is 0 Å². The molecule has 1 aromatic carbocycles. The zero-order chi connectivity index (χ0) is 13.9. The van der Waals surface area contributed by atoms with Crippen LogP contribution in [-0.4, -0.2) is 51.8 Å². The van der Waals surface area contributed by atoms with Gasteiger partial charge in [-0.3, -0.25) is 4.79 Å². The molecule has 0 aliphatic carbocycles. The van der Waals surface area contributed by atoms with Crippen LogP contribution in [0.1, 0.15) is 6.42 Å². The highest BCUT2D eigenvalue weighted by Crippen LogP contribution is 2.32. The Kier molecular flexibility index (Phi) is 3.89. The van der Waals surface area contributed by atoms with Crippen molar-refractivity contribution in [1.29, 1.82) is 0 Å². The molecule has 1 fully saturated rings. The predicted octanol–water partition coefficient (Wildman–Crippen LogP) is 0.848. The number of morpholine rings is 1. The largest absolute Gasteiger partial charge is 0.378 e. The van der Waals surface area contributed by atoms with Gasteiger partial charge in [0.25, 0.3) is 0 Å². The number of benzene rings is 1.